The van der Waals surface area contributed by atoms with Crippen molar-refractivity contribution in [2.24, 2.45) is 17.8 Å². The lowest BCUT2D eigenvalue weighted by atomic mass is 10.0. The number of ether oxygens (including phenoxy) is 1. The lowest BCUT2D eigenvalue weighted by Gasteiger charge is -2.09. The molecule has 18 heavy (non-hydrogen) atoms. The van der Waals surface area contributed by atoms with E-state index in [1.807, 2.05) is 0 Å². The van der Waals surface area contributed by atoms with E-state index in [1.54, 1.807) is 0 Å². The number of fused-ring (bicyclic) bond motifs is 2. The molecule has 2 aliphatic carbocycles. The van der Waals surface area contributed by atoms with Crippen molar-refractivity contribution in [3.63, 3.8) is 0 Å². The van der Waals surface area contributed by atoms with E-state index in [4.69, 9.17) is 4.74 Å². The van der Waals surface area contributed by atoms with E-state index in [2.05, 4.69) is 28.8 Å². The summed E-state index contributed by atoms with van der Waals surface area (Å²) in [4.78, 5) is 0. The second-order valence-corrected chi connectivity index (χ2v) is 5.53. The predicted molar refractivity (Wildman–Crippen MR) is 69.3 cm³/mol. The topological polar surface area (TPSA) is 39.9 Å². The van der Waals surface area contributed by atoms with Crippen LogP contribution in [0.4, 0.5) is 0 Å². The fourth-order valence-electron chi connectivity index (χ4n) is 3.58. The molecule has 0 spiro atoms. The van der Waals surface area contributed by atoms with Crippen molar-refractivity contribution in [1.29, 1.82) is 0 Å². The first-order valence-electron chi connectivity index (χ1n) is 7.34. The van der Waals surface area contributed by atoms with E-state index >= 15 is 0 Å². The van der Waals surface area contributed by atoms with Gasteiger partial charge in [-0.3, -0.25) is 0 Å². The molecular weight excluding hydrogens is 226 g/mol. The minimum absolute atomic E-state index is 0.817. The quantitative estimate of drug-likeness (QED) is 0.820. The van der Waals surface area contributed by atoms with Crippen LogP contribution in [0.25, 0.3) is 0 Å². The number of hydrogen-bond donors (Lipinski definition) is 0. The molecular formula is C14H23N3O. The Kier molecular flexibility index (Phi) is 3.37. The standard InChI is InChI=1S/C14H23N3O/c1-3-17-14-8-6-11-10(12(11)9-18-4-2)5-7-13(14)15-16-17/h10-12H,3-9H2,1-2H3. The number of rotatable bonds is 4. The van der Waals surface area contributed by atoms with Crippen LogP contribution in [0.1, 0.15) is 38.1 Å². The Hall–Kier alpha value is -0.900. The summed E-state index contributed by atoms with van der Waals surface area (Å²) in [5.74, 6) is 2.60. The van der Waals surface area contributed by atoms with Gasteiger partial charge in [0.1, 0.15) is 0 Å². The maximum absolute atomic E-state index is 5.60. The molecule has 0 N–H and O–H groups in total. The molecule has 2 aliphatic rings. The van der Waals surface area contributed by atoms with Gasteiger partial charge < -0.3 is 4.74 Å². The molecule has 4 nitrogen and oxygen atoms in total. The average molecular weight is 249 g/mol. The Bertz CT molecular complexity index is 415. The van der Waals surface area contributed by atoms with E-state index < -0.39 is 0 Å². The second-order valence-electron chi connectivity index (χ2n) is 5.53. The third-order valence-electron chi connectivity index (χ3n) is 4.67. The van der Waals surface area contributed by atoms with Crippen molar-refractivity contribution in [1.82, 2.24) is 15.0 Å². The molecule has 3 rings (SSSR count). The van der Waals surface area contributed by atoms with E-state index in [1.165, 1.54) is 24.2 Å². The van der Waals surface area contributed by atoms with E-state index in [0.717, 1.165) is 50.4 Å². The van der Waals surface area contributed by atoms with Gasteiger partial charge in [-0.2, -0.15) is 0 Å². The highest BCUT2D eigenvalue weighted by atomic mass is 16.5. The molecule has 3 unspecified atom stereocenters. The Balaban J connectivity index is 1.66. The number of nitrogens with zero attached hydrogens (tertiary/aromatic N) is 3. The van der Waals surface area contributed by atoms with E-state index in [0.29, 0.717) is 0 Å². The van der Waals surface area contributed by atoms with Gasteiger partial charge in [0.15, 0.2) is 0 Å². The van der Waals surface area contributed by atoms with Gasteiger partial charge in [0, 0.05) is 19.8 Å². The molecule has 100 valence electrons. The molecule has 1 fully saturated rings. The SMILES string of the molecule is CCOCC1C2CCc3nnn(CC)c3CCC21. The lowest BCUT2D eigenvalue weighted by Crippen LogP contribution is -2.07. The zero-order valence-corrected chi connectivity index (χ0v) is 11.4. The first-order valence-corrected chi connectivity index (χ1v) is 7.34. The predicted octanol–water partition coefficient (Wildman–Crippen LogP) is 2.08. The zero-order chi connectivity index (χ0) is 12.5. The van der Waals surface area contributed by atoms with Crippen molar-refractivity contribution in [2.45, 2.75) is 46.1 Å². The smallest absolute Gasteiger partial charge is 0.0859 e. The summed E-state index contributed by atoms with van der Waals surface area (Å²) >= 11 is 0. The fraction of sp³-hybridized carbons (Fsp3) is 0.857. The van der Waals surface area contributed by atoms with Gasteiger partial charge in [0.2, 0.25) is 0 Å². The van der Waals surface area contributed by atoms with Crippen LogP contribution in [-0.4, -0.2) is 28.2 Å². The van der Waals surface area contributed by atoms with Crippen molar-refractivity contribution in [3.05, 3.63) is 11.4 Å². The Morgan fingerprint density at radius 2 is 2.00 bits per heavy atom. The van der Waals surface area contributed by atoms with Crippen molar-refractivity contribution in [2.75, 3.05) is 13.2 Å². The number of hydrogen-bond acceptors (Lipinski definition) is 3. The van der Waals surface area contributed by atoms with Crippen LogP contribution in [0.15, 0.2) is 0 Å². The van der Waals surface area contributed by atoms with Crippen LogP contribution in [0, 0.1) is 17.8 Å². The molecule has 0 bridgehead atoms. The van der Waals surface area contributed by atoms with Crippen LogP contribution in [0.2, 0.25) is 0 Å². The van der Waals surface area contributed by atoms with E-state index in [9.17, 15) is 0 Å². The average Bonchev–Trinajstić information content (AvgIpc) is 2.86. The van der Waals surface area contributed by atoms with Gasteiger partial charge in [-0.15, -0.1) is 5.10 Å². The highest BCUT2D eigenvalue weighted by molar-refractivity contribution is 5.15. The number of aromatic nitrogens is 3. The highest BCUT2D eigenvalue weighted by Crippen LogP contribution is 2.52. The maximum atomic E-state index is 5.60. The molecule has 0 aromatic carbocycles. The highest BCUT2D eigenvalue weighted by Gasteiger charge is 2.49. The minimum atomic E-state index is 0.817. The molecule has 0 radical (unpaired) electrons. The lowest BCUT2D eigenvalue weighted by molar-refractivity contribution is 0.130. The first-order chi connectivity index (χ1) is 8.85. The summed E-state index contributed by atoms with van der Waals surface area (Å²) in [6, 6.07) is 0. The summed E-state index contributed by atoms with van der Waals surface area (Å²) in [5.41, 5.74) is 2.63. The molecule has 1 saturated carbocycles. The van der Waals surface area contributed by atoms with Crippen LogP contribution < -0.4 is 0 Å². The van der Waals surface area contributed by atoms with Crippen molar-refractivity contribution < 1.29 is 4.74 Å². The molecule has 0 aliphatic heterocycles. The van der Waals surface area contributed by atoms with Crippen LogP contribution >= 0.6 is 0 Å². The minimum Gasteiger partial charge on any atom is -0.381 e. The Morgan fingerprint density at radius 1 is 1.22 bits per heavy atom. The summed E-state index contributed by atoms with van der Waals surface area (Å²) < 4.78 is 7.68. The zero-order valence-electron chi connectivity index (χ0n) is 11.4. The molecule has 1 aromatic heterocycles. The van der Waals surface area contributed by atoms with Crippen LogP contribution in [-0.2, 0) is 24.1 Å². The summed E-state index contributed by atoms with van der Waals surface area (Å²) in [5, 5.41) is 8.60. The third kappa shape index (κ3) is 2.07. The van der Waals surface area contributed by atoms with Gasteiger partial charge >= 0.3 is 0 Å². The Morgan fingerprint density at radius 3 is 2.72 bits per heavy atom. The largest absolute Gasteiger partial charge is 0.381 e. The summed E-state index contributed by atoms with van der Waals surface area (Å²) in [6.45, 7) is 6.99. The molecule has 3 atom stereocenters. The summed E-state index contributed by atoms with van der Waals surface area (Å²) in [6.07, 6.45) is 4.83. The molecule has 0 saturated heterocycles. The van der Waals surface area contributed by atoms with Crippen LogP contribution in [0.3, 0.4) is 0 Å². The number of aryl methyl sites for hydroxylation is 2. The second kappa shape index (κ2) is 5.00. The van der Waals surface area contributed by atoms with Crippen LogP contribution in [0.5, 0.6) is 0 Å². The molecule has 1 aromatic rings. The Labute approximate surface area is 109 Å². The van der Waals surface area contributed by atoms with Gasteiger partial charge in [-0.25, -0.2) is 4.68 Å². The van der Waals surface area contributed by atoms with Gasteiger partial charge in [-0.05, 0) is 57.3 Å². The maximum Gasteiger partial charge on any atom is 0.0859 e. The first kappa shape index (κ1) is 12.2. The van der Waals surface area contributed by atoms with Gasteiger partial charge in [-0.1, -0.05) is 5.21 Å². The molecule has 0 amide bonds. The van der Waals surface area contributed by atoms with Gasteiger partial charge in [0.25, 0.3) is 0 Å². The monoisotopic (exact) mass is 249 g/mol. The summed E-state index contributed by atoms with van der Waals surface area (Å²) in [7, 11) is 0. The van der Waals surface area contributed by atoms with Gasteiger partial charge in [0.05, 0.1) is 11.4 Å². The molecule has 4 heteroatoms. The fourth-order valence-corrected chi connectivity index (χ4v) is 3.58. The van der Waals surface area contributed by atoms with Crippen molar-refractivity contribution in [3.8, 4) is 0 Å². The third-order valence-corrected chi connectivity index (χ3v) is 4.67. The molecule has 1 heterocycles. The van der Waals surface area contributed by atoms with E-state index in [-0.39, 0.29) is 0 Å². The normalized spacial score (nSPS) is 30.2. The van der Waals surface area contributed by atoms with Crippen molar-refractivity contribution >= 4 is 0 Å².